The Labute approximate surface area is 161 Å². The van der Waals surface area contributed by atoms with E-state index in [1.165, 1.54) is 0 Å². The summed E-state index contributed by atoms with van der Waals surface area (Å²) in [7, 11) is -3.18. The number of rotatable bonds is 4. The number of methoxy groups -OCH3 is 1. The van der Waals surface area contributed by atoms with Gasteiger partial charge in [-0.05, 0) is 43.9 Å². The summed E-state index contributed by atoms with van der Waals surface area (Å²) in [6.45, 7) is 0. The highest BCUT2D eigenvalue weighted by Crippen LogP contribution is 2.34. The van der Waals surface area contributed by atoms with Gasteiger partial charge in [0.25, 0.3) is 0 Å². The van der Waals surface area contributed by atoms with Crippen LogP contribution in [0.5, 0.6) is 0 Å². The number of fused-ring (bicyclic) bond motifs is 2. The number of benzene rings is 1. The van der Waals surface area contributed by atoms with Gasteiger partial charge in [-0.2, -0.15) is 13.2 Å². The second kappa shape index (κ2) is 7.94. The average molecular weight is 429 g/mol. The number of carbonyl (C=O) groups is 1. The lowest BCUT2D eigenvalue weighted by atomic mass is 10.0. The zero-order valence-electron chi connectivity index (χ0n) is 14.4. The van der Waals surface area contributed by atoms with Crippen molar-refractivity contribution in [3.63, 3.8) is 0 Å². The lowest BCUT2D eigenvalue weighted by Crippen LogP contribution is -2.47. The van der Waals surface area contributed by atoms with Crippen LogP contribution in [0.1, 0.15) is 41.6 Å². The van der Waals surface area contributed by atoms with Gasteiger partial charge >= 0.3 is 12.1 Å². The molecule has 2 N–H and O–H groups in total. The molecule has 2 unspecified atom stereocenters. The molecule has 11 heteroatoms. The van der Waals surface area contributed by atoms with Crippen LogP contribution in [0, 0.1) is 0 Å². The standard InChI is InChI=1S/C16H19F3N2O4S.ClH/c1-25-15(22)13-5-4-12(8-14(13)16(17,18)19)26(23,24)21-11-6-9-2-3-10(7-11)20-9;/h4-5,8-11,20-21H,2-3,6-7H2,1H3;1H. The number of carbonyl (C=O) groups excluding carboxylic acids is 1. The van der Waals surface area contributed by atoms with Crippen LogP contribution in [0.4, 0.5) is 13.2 Å². The van der Waals surface area contributed by atoms with E-state index in [-0.39, 0.29) is 30.5 Å². The molecule has 0 aromatic heterocycles. The topological polar surface area (TPSA) is 84.5 Å². The van der Waals surface area contributed by atoms with Crippen molar-refractivity contribution < 1.29 is 31.1 Å². The normalized spacial score (nSPS) is 25.0. The summed E-state index contributed by atoms with van der Waals surface area (Å²) in [6.07, 6.45) is -1.75. The monoisotopic (exact) mass is 428 g/mol. The molecule has 0 spiro atoms. The number of nitrogens with one attached hydrogen (secondary N) is 2. The third-order valence-corrected chi connectivity index (χ3v) is 6.33. The highest BCUT2D eigenvalue weighted by atomic mass is 35.5. The van der Waals surface area contributed by atoms with Crippen molar-refractivity contribution >= 4 is 28.4 Å². The summed E-state index contributed by atoms with van der Waals surface area (Å²) in [5.74, 6) is -1.18. The lowest BCUT2D eigenvalue weighted by molar-refractivity contribution is -0.138. The van der Waals surface area contributed by atoms with Crippen molar-refractivity contribution in [2.24, 2.45) is 0 Å². The summed E-state index contributed by atoms with van der Waals surface area (Å²) >= 11 is 0. The van der Waals surface area contributed by atoms with E-state index in [4.69, 9.17) is 0 Å². The largest absolute Gasteiger partial charge is 0.465 e. The molecule has 3 rings (SSSR count). The number of halogens is 4. The Morgan fingerprint density at radius 2 is 1.81 bits per heavy atom. The number of alkyl halides is 3. The first-order valence-corrected chi connectivity index (χ1v) is 9.66. The summed E-state index contributed by atoms with van der Waals surface area (Å²) in [5.41, 5.74) is -2.06. The van der Waals surface area contributed by atoms with E-state index in [2.05, 4.69) is 14.8 Å². The molecule has 2 aliphatic heterocycles. The van der Waals surface area contributed by atoms with E-state index >= 15 is 0 Å². The summed E-state index contributed by atoms with van der Waals surface area (Å²) in [5, 5.41) is 3.37. The molecule has 1 aromatic rings. The lowest BCUT2D eigenvalue weighted by Gasteiger charge is -2.29. The molecule has 1 aromatic carbocycles. The maximum atomic E-state index is 13.3. The first kappa shape index (κ1) is 21.9. The molecule has 2 bridgehead atoms. The Hall–Kier alpha value is -1.36. The van der Waals surface area contributed by atoms with Gasteiger partial charge in [0.2, 0.25) is 10.0 Å². The number of esters is 1. The Balaban J connectivity index is 0.00000261. The maximum Gasteiger partial charge on any atom is 0.417 e. The van der Waals surface area contributed by atoms with Gasteiger partial charge in [0.15, 0.2) is 0 Å². The molecule has 2 aliphatic rings. The van der Waals surface area contributed by atoms with E-state index < -0.39 is 38.2 Å². The molecule has 6 nitrogen and oxygen atoms in total. The minimum absolute atomic E-state index is 0. The maximum absolute atomic E-state index is 13.3. The van der Waals surface area contributed by atoms with Crippen LogP contribution in [0.25, 0.3) is 0 Å². The third-order valence-electron chi connectivity index (χ3n) is 4.81. The fraction of sp³-hybridized carbons (Fsp3) is 0.562. The molecule has 0 radical (unpaired) electrons. The first-order valence-electron chi connectivity index (χ1n) is 8.18. The highest BCUT2D eigenvalue weighted by Gasteiger charge is 2.38. The minimum atomic E-state index is -4.89. The quantitative estimate of drug-likeness (QED) is 0.720. The second-order valence-electron chi connectivity index (χ2n) is 6.62. The van der Waals surface area contributed by atoms with Gasteiger partial charge in [-0.15, -0.1) is 12.4 Å². The van der Waals surface area contributed by atoms with E-state index in [0.717, 1.165) is 32.1 Å². The fourth-order valence-corrected chi connectivity index (χ4v) is 4.94. The number of hydrogen-bond donors (Lipinski definition) is 2. The first-order chi connectivity index (χ1) is 12.1. The molecule has 0 saturated carbocycles. The van der Waals surface area contributed by atoms with Gasteiger partial charge in [-0.1, -0.05) is 0 Å². The minimum Gasteiger partial charge on any atom is -0.465 e. The van der Waals surface area contributed by atoms with Crippen molar-refractivity contribution in [1.82, 2.24) is 10.0 Å². The molecule has 2 saturated heterocycles. The number of ether oxygens (including phenoxy) is 1. The molecule has 0 amide bonds. The van der Waals surface area contributed by atoms with Gasteiger partial charge in [0.1, 0.15) is 0 Å². The SMILES string of the molecule is COC(=O)c1ccc(S(=O)(=O)NC2CC3CCC(C2)N3)cc1C(F)(F)F.Cl. The number of piperidine rings is 1. The molecule has 0 aliphatic carbocycles. The Bertz CT molecular complexity index is 804. The van der Waals surface area contributed by atoms with E-state index in [0.29, 0.717) is 18.9 Å². The zero-order chi connectivity index (χ0) is 19.1. The highest BCUT2D eigenvalue weighted by molar-refractivity contribution is 7.89. The Morgan fingerprint density at radius 1 is 1.22 bits per heavy atom. The fourth-order valence-electron chi connectivity index (χ4n) is 3.65. The second-order valence-corrected chi connectivity index (χ2v) is 8.34. The van der Waals surface area contributed by atoms with E-state index in [1.54, 1.807) is 0 Å². The number of hydrogen-bond acceptors (Lipinski definition) is 5. The van der Waals surface area contributed by atoms with Crippen LogP contribution >= 0.6 is 12.4 Å². The van der Waals surface area contributed by atoms with Crippen LogP contribution in [0.15, 0.2) is 23.1 Å². The van der Waals surface area contributed by atoms with Gasteiger partial charge in [0, 0.05) is 18.1 Å². The summed E-state index contributed by atoms with van der Waals surface area (Å²) < 4.78 is 71.7. The Kier molecular flexibility index (Phi) is 6.45. The smallest absolute Gasteiger partial charge is 0.417 e. The summed E-state index contributed by atoms with van der Waals surface area (Å²) in [6, 6.07) is 2.43. The van der Waals surface area contributed by atoms with Crippen LogP contribution in [-0.2, 0) is 20.9 Å². The van der Waals surface area contributed by atoms with Gasteiger partial charge < -0.3 is 10.1 Å². The van der Waals surface area contributed by atoms with Crippen LogP contribution < -0.4 is 10.0 Å². The summed E-state index contributed by atoms with van der Waals surface area (Å²) in [4.78, 5) is 11.0. The molecule has 27 heavy (non-hydrogen) atoms. The van der Waals surface area contributed by atoms with E-state index in [1.807, 2.05) is 0 Å². The number of sulfonamides is 1. The zero-order valence-corrected chi connectivity index (χ0v) is 16.0. The van der Waals surface area contributed by atoms with Gasteiger partial charge in [-0.25, -0.2) is 17.9 Å². The van der Waals surface area contributed by atoms with Crippen molar-refractivity contribution in [2.45, 2.75) is 54.9 Å². The third kappa shape index (κ3) is 4.74. The van der Waals surface area contributed by atoms with E-state index in [9.17, 15) is 26.4 Å². The van der Waals surface area contributed by atoms with Crippen LogP contribution in [0.3, 0.4) is 0 Å². The van der Waals surface area contributed by atoms with Crippen molar-refractivity contribution in [2.75, 3.05) is 7.11 Å². The predicted octanol–water partition coefficient (Wildman–Crippen LogP) is 2.48. The molecular formula is C16H20ClF3N2O4S. The van der Waals surface area contributed by atoms with Crippen molar-refractivity contribution in [3.05, 3.63) is 29.3 Å². The molecule has 2 fully saturated rings. The van der Waals surface area contributed by atoms with Crippen LogP contribution in [0.2, 0.25) is 0 Å². The molecular weight excluding hydrogens is 409 g/mol. The predicted molar refractivity (Wildman–Crippen MR) is 93.3 cm³/mol. The molecule has 2 heterocycles. The molecule has 2 atom stereocenters. The van der Waals surface area contributed by atoms with Gasteiger partial charge in [-0.3, -0.25) is 0 Å². The van der Waals surface area contributed by atoms with Crippen molar-refractivity contribution in [3.8, 4) is 0 Å². The average Bonchev–Trinajstić information content (AvgIpc) is 2.91. The Morgan fingerprint density at radius 3 is 2.33 bits per heavy atom. The van der Waals surface area contributed by atoms with Crippen molar-refractivity contribution in [1.29, 1.82) is 0 Å². The van der Waals surface area contributed by atoms with Crippen LogP contribution in [-0.4, -0.2) is 39.6 Å². The molecule has 152 valence electrons. The van der Waals surface area contributed by atoms with Gasteiger partial charge in [0.05, 0.1) is 23.1 Å².